The van der Waals surface area contributed by atoms with E-state index >= 15 is 0 Å². The van der Waals surface area contributed by atoms with Crippen LogP contribution in [-0.2, 0) is 4.79 Å². The average molecular weight is 410 g/mol. The minimum absolute atomic E-state index is 0.0857. The van der Waals surface area contributed by atoms with Gasteiger partial charge < -0.3 is 5.32 Å². The quantitative estimate of drug-likeness (QED) is 0.512. The van der Waals surface area contributed by atoms with Gasteiger partial charge in [-0.05, 0) is 70.9 Å². The van der Waals surface area contributed by atoms with Crippen molar-refractivity contribution in [2.45, 2.75) is 57.5 Å². The molecule has 1 N–H and O–H groups in total. The minimum Gasteiger partial charge on any atom is -0.351 e. The van der Waals surface area contributed by atoms with E-state index in [-0.39, 0.29) is 17.0 Å². The molecular weight excluding hydrogens is 382 g/mol. The standard InChI is InChI=1S/C23H27N3O2S/c1-14-10-9-13-19(15(14)2)26-21(28)17-11-7-8-12-18(17)24-22(26)29-16(3)20(27)25-23(4,5)6/h7-13,16H,1-6H3,(H,25,27). The predicted octanol–water partition coefficient (Wildman–Crippen LogP) is 4.40. The lowest BCUT2D eigenvalue weighted by Gasteiger charge is -2.23. The number of carbonyl (C=O) groups excluding carboxylic acids is 1. The van der Waals surface area contributed by atoms with E-state index in [1.54, 1.807) is 10.6 Å². The third-order valence-corrected chi connectivity index (χ3v) is 5.76. The van der Waals surface area contributed by atoms with Gasteiger partial charge >= 0.3 is 0 Å². The SMILES string of the molecule is Cc1cccc(-n2c(SC(C)C(=O)NC(C)(C)C)nc3ccccc3c2=O)c1C. The zero-order valence-electron chi connectivity index (χ0n) is 17.7. The average Bonchev–Trinajstić information content (AvgIpc) is 2.63. The Balaban J connectivity index is 2.16. The molecule has 5 nitrogen and oxygen atoms in total. The van der Waals surface area contributed by atoms with Crippen molar-refractivity contribution in [1.29, 1.82) is 0 Å². The summed E-state index contributed by atoms with van der Waals surface area (Å²) in [5, 5.41) is 3.66. The van der Waals surface area contributed by atoms with Crippen molar-refractivity contribution in [1.82, 2.24) is 14.9 Å². The Labute approximate surface area is 175 Å². The second-order valence-corrected chi connectivity index (χ2v) is 9.58. The first-order valence-corrected chi connectivity index (χ1v) is 10.5. The number of nitrogens with zero attached hydrogens (tertiary/aromatic N) is 2. The zero-order valence-corrected chi connectivity index (χ0v) is 18.6. The summed E-state index contributed by atoms with van der Waals surface area (Å²) in [7, 11) is 0. The van der Waals surface area contributed by atoms with E-state index in [9.17, 15) is 9.59 Å². The molecule has 0 bridgehead atoms. The van der Waals surface area contributed by atoms with Crippen LogP contribution in [0.5, 0.6) is 0 Å². The van der Waals surface area contributed by atoms with Crippen molar-refractivity contribution in [3.63, 3.8) is 0 Å². The molecule has 6 heteroatoms. The summed E-state index contributed by atoms with van der Waals surface area (Å²) in [5.41, 5.74) is 3.08. The number of amides is 1. The highest BCUT2D eigenvalue weighted by molar-refractivity contribution is 8.00. The summed E-state index contributed by atoms with van der Waals surface area (Å²) in [6, 6.07) is 13.2. The second kappa shape index (κ2) is 8.03. The fourth-order valence-corrected chi connectivity index (χ4v) is 3.98. The number of rotatable bonds is 4. The van der Waals surface area contributed by atoms with Gasteiger partial charge in [-0.1, -0.05) is 36.0 Å². The van der Waals surface area contributed by atoms with E-state index in [1.165, 1.54) is 11.8 Å². The van der Waals surface area contributed by atoms with Crippen LogP contribution in [0, 0.1) is 13.8 Å². The van der Waals surface area contributed by atoms with Crippen LogP contribution < -0.4 is 10.9 Å². The van der Waals surface area contributed by atoms with E-state index in [2.05, 4.69) is 5.32 Å². The van der Waals surface area contributed by atoms with Crippen molar-refractivity contribution in [2.75, 3.05) is 0 Å². The molecule has 0 aliphatic rings. The number of aryl methyl sites for hydroxylation is 1. The van der Waals surface area contributed by atoms with Gasteiger partial charge in [-0.3, -0.25) is 14.2 Å². The van der Waals surface area contributed by atoms with Gasteiger partial charge in [0.1, 0.15) is 0 Å². The van der Waals surface area contributed by atoms with Gasteiger partial charge in [0.25, 0.3) is 5.56 Å². The Morgan fingerprint density at radius 3 is 2.48 bits per heavy atom. The van der Waals surface area contributed by atoms with Gasteiger partial charge in [0.05, 0.1) is 21.8 Å². The molecule has 0 saturated carbocycles. The third kappa shape index (κ3) is 4.53. The van der Waals surface area contributed by atoms with Crippen molar-refractivity contribution >= 4 is 28.6 Å². The van der Waals surface area contributed by atoms with Crippen LogP contribution >= 0.6 is 11.8 Å². The number of thioether (sulfide) groups is 1. The second-order valence-electron chi connectivity index (χ2n) is 8.27. The maximum absolute atomic E-state index is 13.4. The molecule has 1 unspecified atom stereocenters. The first-order chi connectivity index (χ1) is 13.6. The molecule has 152 valence electrons. The van der Waals surface area contributed by atoms with Gasteiger partial charge in [0.15, 0.2) is 5.16 Å². The fourth-order valence-electron chi connectivity index (χ4n) is 3.06. The van der Waals surface area contributed by atoms with Crippen LogP contribution in [0.3, 0.4) is 0 Å². The fraction of sp³-hybridized carbons (Fsp3) is 0.348. The Bertz CT molecular complexity index is 1130. The molecule has 0 saturated heterocycles. The molecule has 2 aromatic carbocycles. The highest BCUT2D eigenvalue weighted by Gasteiger charge is 2.23. The Morgan fingerprint density at radius 1 is 1.10 bits per heavy atom. The van der Waals surface area contributed by atoms with Gasteiger partial charge in [0.2, 0.25) is 5.91 Å². The van der Waals surface area contributed by atoms with Gasteiger partial charge in [-0.15, -0.1) is 0 Å². The number of hydrogen-bond acceptors (Lipinski definition) is 4. The number of hydrogen-bond donors (Lipinski definition) is 1. The van der Waals surface area contributed by atoms with E-state index in [1.807, 2.05) is 77.9 Å². The van der Waals surface area contributed by atoms with Crippen molar-refractivity contribution < 1.29 is 4.79 Å². The number of carbonyl (C=O) groups is 1. The van der Waals surface area contributed by atoms with Gasteiger partial charge in [-0.25, -0.2) is 4.98 Å². The van der Waals surface area contributed by atoms with Gasteiger partial charge in [0, 0.05) is 5.54 Å². The largest absolute Gasteiger partial charge is 0.351 e. The predicted molar refractivity (Wildman–Crippen MR) is 120 cm³/mol. The highest BCUT2D eigenvalue weighted by Crippen LogP contribution is 2.27. The molecule has 0 aliphatic heterocycles. The van der Waals surface area contributed by atoms with Crippen molar-refractivity contribution in [3.05, 3.63) is 63.9 Å². The topological polar surface area (TPSA) is 64.0 Å². The van der Waals surface area contributed by atoms with Gasteiger partial charge in [-0.2, -0.15) is 0 Å². The van der Waals surface area contributed by atoms with E-state index < -0.39 is 5.25 Å². The molecule has 0 spiro atoms. The number of fused-ring (bicyclic) bond motifs is 1. The summed E-state index contributed by atoms with van der Waals surface area (Å²) in [6.45, 7) is 11.7. The molecule has 1 amide bonds. The van der Waals surface area contributed by atoms with Crippen LogP contribution in [0.1, 0.15) is 38.8 Å². The van der Waals surface area contributed by atoms with Crippen molar-refractivity contribution in [2.24, 2.45) is 0 Å². The Kier molecular flexibility index (Phi) is 5.85. The molecule has 1 heterocycles. The molecule has 1 aromatic heterocycles. The maximum atomic E-state index is 13.4. The molecular formula is C23H27N3O2S. The Hall–Kier alpha value is -2.60. The number of benzene rings is 2. The molecule has 3 aromatic rings. The van der Waals surface area contributed by atoms with E-state index in [0.29, 0.717) is 16.1 Å². The van der Waals surface area contributed by atoms with Crippen LogP contribution in [0.15, 0.2) is 52.4 Å². The summed E-state index contributed by atoms with van der Waals surface area (Å²) in [4.78, 5) is 30.8. The maximum Gasteiger partial charge on any atom is 0.266 e. The van der Waals surface area contributed by atoms with Crippen LogP contribution in [0.2, 0.25) is 0 Å². The summed E-state index contributed by atoms with van der Waals surface area (Å²) in [5.74, 6) is -0.0857. The molecule has 3 rings (SSSR count). The molecule has 1 atom stereocenters. The summed E-state index contributed by atoms with van der Waals surface area (Å²) < 4.78 is 1.64. The third-order valence-electron chi connectivity index (χ3n) is 4.71. The lowest BCUT2D eigenvalue weighted by Crippen LogP contribution is -2.44. The number of nitrogens with one attached hydrogen (secondary N) is 1. The lowest BCUT2D eigenvalue weighted by atomic mass is 10.1. The highest BCUT2D eigenvalue weighted by atomic mass is 32.2. The Morgan fingerprint density at radius 2 is 1.79 bits per heavy atom. The van der Waals surface area contributed by atoms with E-state index in [4.69, 9.17) is 4.98 Å². The van der Waals surface area contributed by atoms with Crippen LogP contribution in [0.25, 0.3) is 16.6 Å². The smallest absolute Gasteiger partial charge is 0.266 e. The zero-order chi connectivity index (χ0) is 21.3. The molecule has 29 heavy (non-hydrogen) atoms. The number of para-hydroxylation sites is 1. The normalized spacial score (nSPS) is 12.8. The van der Waals surface area contributed by atoms with Crippen molar-refractivity contribution in [3.8, 4) is 5.69 Å². The summed E-state index contributed by atoms with van der Waals surface area (Å²) in [6.07, 6.45) is 0. The number of aromatic nitrogens is 2. The monoisotopic (exact) mass is 409 g/mol. The first-order valence-electron chi connectivity index (χ1n) is 9.65. The van der Waals surface area contributed by atoms with Crippen LogP contribution in [-0.4, -0.2) is 26.2 Å². The molecule has 0 fully saturated rings. The van der Waals surface area contributed by atoms with Crippen LogP contribution in [0.4, 0.5) is 0 Å². The van der Waals surface area contributed by atoms with E-state index in [0.717, 1.165) is 16.8 Å². The first kappa shape index (κ1) is 21.1. The molecule has 0 radical (unpaired) electrons. The lowest BCUT2D eigenvalue weighted by molar-refractivity contribution is -0.121. The molecule has 0 aliphatic carbocycles. The minimum atomic E-state index is -0.404. The summed E-state index contributed by atoms with van der Waals surface area (Å²) >= 11 is 1.30.